The molecule has 1 heterocycles. The number of hydrogen-bond donors (Lipinski definition) is 0. The largest absolute Gasteiger partial charge is 0.348 e. The van der Waals surface area contributed by atoms with Crippen LogP contribution in [0.4, 0.5) is 0 Å². The van der Waals surface area contributed by atoms with Crippen molar-refractivity contribution in [1.82, 2.24) is 9.55 Å². The van der Waals surface area contributed by atoms with Crippen LogP contribution in [0.25, 0.3) is 11.3 Å². The van der Waals surface area contributed by atoms with E-state index in [1.165, 1.54) is 6.20 Å². The summed E-state index contributed by atoms with van der Waals surface area (Å²) in [6.07, 6.45) is 1.41. The monoisotopic (exact) mass is 296 g/mol. The predicted molar refractivity (Wildman–Crippen MR) is 84.5 cm³/mol. The minimum absolute atomic E-state index is 0.304. The van der Waals surface area contributed by atoms with Crippen LogP contribution < -0.4 is 5.69 Å². The molecule has 0 amide bonds. The lowest BCUT2D eigenvalue weighted by Crippen LogP contribution is -2.25. The van der Waals surface area contributed by atoms with E-state index in [0.29, 0.717) is 17.3 Å². The summed E-state index contributed by atoms with van der Waals surface area (Å²) in [6.45, 7) is 0.442. The van der Waals surface area contributed by atoms with Crippen molar-refractivity contribution in [3.05, 3.63) is 87.9 Å². The zero-order chi connectivity index (χ0) is 14.7. The Balaban J connectivity index is 2.16. The minimum Gasteiger partial charge on any atom is -0.286 e. The number of nitrogens with zero attached hydrogens (tertiary/aromatic N) is 2. The Hall–Kier alpha value is -2.39. The van der Waals surface area contributed by atoms with Gasteiger partial charge in [-0.25, -0.2) is 4.79 Å². The number of halogens is 1. The maximum atomic E-state index is 12.2. The fraction of sp³-hybridized carbons (Fsp3) is 0.0588. The first-order valence-electron chi connectivity index (χ1n) is 6.60. The van der Waals surface area contributed by atoms with Gasteiger partial charge in [-0.1, -0.05) is 72.3 Å². The van der Waals surface area contributed by atoms with E-state index in [-0.39, 0.29) is 5.69 Å². The molecule has 2 aromatic carbocycles. The Bertz CT molecular complexity index is 798. The zero-order valence-electron chi connectivity index (χ0n) is 11.2. The first kappa shape index (κ1) is 13.6. The summed E-state index contributed by atoms with van der Waals surface area (Å²) in [6, 6.07) is 19.4. The topological polar surface area (TPSA) is 34.9 Å². The normalized spacial score (nSPS) is 10.5. The molecule has 0 bridgehead atoms. The highest BCUT2D eigenvalue weighted by Gasteiger charge is 2.12. The van der Waals surface area contributed by atoms with Gasteiger partial charge in [-0.3, -0.25) is 4.57 Å². The highest BCUT2D eigenvalue weighted by atomic mass is 35.5. The first-order chi connectivity index (χ1) is 10.3. The van der Waals surface area contributed by atoms with Gasteiger partial charge in [0, 0.05) is 0 Å². The van der Waals surface area contributed by atoms with Crippen molar-refractivity contribution in [2.24, 2.45) is 0 Å². The van der Waals surface area contributed by atoms with Gasteiger partial charge in [0.2, 0.25) is 0 Å². The Morgan fingerprint density at radius 3 is 2.24 bits per heavy atom. The molecule has 0 spiro atoms. The molecule has 0 aliphatic rings. The van der Waals surface area contributed by atoms with Crippen LogP contribution in [0.2, 0.25) is 5.02 Å². The molecule has 0 unspecified atom stereocenters. The molecule has 0 aliphatic carbocycles. The van der Waals surface area contributed by atoms with Gasteiger partial charge in [-0.05, 0) is 11.1 Å². The van der Waals surface area contributed by atoms with Gasteiger partial charge in [0.15, 0.2) is 0 Å². The van der Waals surface area contributed by atoms with E-state index < -0.39 is 0 Å². The van der Waals surface area contributed by atoms with Crippen molar-refractivity contribution >= 4 is 11.6 Å². The molecule has 104 valence electrons. The van der Waals surface area contributed by atoms with Crippen molar-refractivity contribution in [2.75, 3.05) is 0 Å². The van der Waals surface area contributed by atoms with Gasteiger partial charge in [0.05, 0.1) is 23.5 Å². The van der Waals surface area contributed by atoms with Crippen LogP contribution >= 0.6 is 11.6 Å². The standard InChI is InChI=1S/C17H13ClN2O/c18-15-11-19-17(21)20(12-13-7-3-1-4-8-13)16(15)14-9-5-2-6-10-14/h1-11H,12H2. The maximum Gasteiger partial charge on any atom is 0.348 e. The zero-order valence-corrected chi connectivity index (χ0v) is 12.0. The Labute approximate surface area is 127 Å². The third-order valence-electron chi connectivity index (χ3n) is 3.25. The van der Waals surface area contributed by atoms with Gasteiger partial charge in [0.25, 0.3) is 0 Å². The van der Waals surface area contributed by atoms with E-state index >= 15 is 0 Å². The van der Waals surface area contributed by atoms with Crippen LogP contribution in [0.3, 0.4) is 0 Å². The molecule has 3 nitrogen and oxygen atoms in total. The molecule has 0 N–H and O–H groups in total. The van der Waals surface area contributed by atoms with E-state index in [0.717, 1.165) is 11.1 Å². The third-order valence-corrected chi connectivity index (χ3v) is 3.52. The van der Waals surface area contributed by atoms with Gasteiger partial charge in [0.1, 0.15) is 0 Å². The van der Waals surface area contributed by atoms with E-state index in [1.54, 1.807) is 4.57 Å². The van der Waals surface area contributed by atoms with Crippen molar-refractivity contribution in [1.29, 1.82) is 0 Å². The second kappa shape index (κ2) is 5.94. The fourth-order valence-corrected chi connectivity index (χ4v) is 2.53. The van der Waals surface area contributed by atoms with Gasteiger partial charge in [-0.15, -0.1) is 0 Å². The molecule has 21 heavy (non-hydrogen) atoms. The molecular formula is C17H13ClN2O. The average molecular weight is 297 g/mol. The van der Waals surface area contributed by atoms with Crippen LogP contribution in [0.5, 0.6) is 0 Å². The maximum absolute atomic E-state index is 12.2. The van der Waals surface area contributed by atoms with Crippen molar-refractivity contribution in [3.8, 4) is 11.3 Å². The van der Waals surface area contributed by atoms with Crippen LogP contribution in [0.15, 0.2) is 71.7 Å². The van der Waals surface area contributed by atoms with Gasteiger partial charge in [-0.2, -0.15) is 4.98 Å². The lowest BCUT2D eigenvalue weighted by atomic mass is 10.1. The second-order valence-corrected chi connectivity index (χ2v) is 5.08. The van der Waals surface area contributed by atoms with Gasteiger partial charge < -0.3 is 0 Å². The highest BCUT2D eigenvalue weighted by Crippen LogP contribution is 2.26. The smallest absolute Gasteiger partial charge is 0.286 e. The van der Waals surface area contributed by atoms with E-state index in [9.17, 15) is 4.79 Å². The summed E-state index contributed by atoms with van der Waals surface area (Å²) >= 11 is 6.28. The van der Waals surface area contributed by atoms with Crippen molar-refractivity contribution < 1.29 is 0 Å². The van der Waals surface area contributed by atoms with E-state index in [1.807, 2.05) is 60.7 Å². The molecule has 0 atom stereocenters. The first-order valence-corrected chi connectivity index (χ1v) is 6.98. The van der Waals surface area contributed by atoms with Crippen LogP contribution in [0, 0.1) is 0 Å². The summed E-state index contributed by atoms with van der Waals surface area (Å²) in [5.74, 6) is 0. The molecule has 3 rings (SSSR count). The van der Waals surface area contributed by atoms with Crippen LogP contribution in [-0.4, -0.2) is 9.55 Å². The number of hydrogen-bond acceptors (Lipinski definition) is 2. The molecule has 0 saturated carbocycles. The summed E-state index contributed by atoms with van der Waals surface area (Å²) in [4.78, 5) is 16.0. The second-order valence-electron chi connectivity index (χ2n) is 4.68. The molecule has 4 heteroatoms. The van der Waals surface area contributed by atoms with Crippen molar-refractivity contribution in [2.45, 2.75) is 6.54 Å². The quantitative estimate of drug-likeness (QED) is 0.740. The van der Waals surface area contributed by atoms with Gasteiger partial charge >= 0.3 is 5.69 Å². The molecule has 3 aromatic rings. The average Bonchev–Trinajstić information content (AvgIpc) is 2.53. The van der Waals surface area contributed by atoms with Crippen LogP contribution in [0.1, 0.15) is 5.56 Å². The Morgan fingerprint density at radius 2 is 1.57 bits per heavy atom. The highest BCUT2D eigenvalue weighted by molar-refractivity contribution is 6.32. The molecule has 0 saturated heterocycles. The number of benzene rings is 2. The third kappa shape index (κ3) is 2.88. The Morgan fingerprint density at radius 1 is 0.952 bits per heavy atom. The number of rotatable bonds is 3. The van der Waals surface area contributed by atoms with E-state index in [2.05, 4.69) is 4.98 Å². The van der Waals surface area contributed by atoms with E-state index in [4.69, 9.17) is 11.6 Å². The summed E-state index contributed by atoms with van der Waals surface area (Å²) < 4.78 is 1.60. The van der Waals surface area contributed by atoms with Crippen LogP contribution in [-0.2, 0) is 6.54 Å². The number of aromatic nitrogens is 2. The molecular weight excluding hydrogens is 284 g/mol. The summed E-state index contributed by atoms with van der Waals surface area (Å²) in [7, 11) is 0. The minimum atomic E-state index is -0.304. The molecule has 0 aliphatic heterocycles. The molecule has 1 aromatic heterocycles. The summed E-state index contributed by atoms with van der Waals surface area (Å²) in [5.41, 5.74) is 2.32. The lowest BCUT2D eigenvalue weighted by molar-refractivity contribution is 0.736. The predicted octanol–water partition coefficient (Wildman–Crippen LogP) is 3.61. The fourth-order valence-electron chi connectivity index (χ4n) is 2.27. The lowest BCUT2D eigenvalue weighted by Gasteiger charge is -2.13. The summed E-state index contributed by atoms with van der Waals surface area (Å²) in [5, 5.41) is 0.469. The SMILES string of the molecule is O=c1ncc(Cl)c(-c2ccccc2)n1Cc1ccccc1. The Kier molecular flexibility index (Phi) is 3.84. The molecule has 0 radical (unpaired) electrons. The molecule has 0 fully saturated rings. The van der Waals surface area contributed by atoms with Crippen molar-refractivity contribution in [3.63, 3.8) is 0 Å².